The molecule has 0 aromatic heterocycles. The van der Waals surface area contributed by atoms with Gasteiger partial charge in [-0.3, -0.25) is 0 Å². The van der Waals surface area contributed by atoms with Gasteiger partial charge < -0.3 is 22.9 Å². The second-order valence-electron chi connectivity index (χ2n) is 6.56. The van der Waals surface area contributed by atoms with Crippen molar-refractivity contribution in [3.63, 3.8) is 0 Å². The van der Waals surface area contributed by atoms with Crippen LogP contribution in [0.4, 0.5) is 22.7 Å². The van der Waals surface area contributed by atoms with E-state index in [-0.39, 0.29) is 0 Å². The van der Waals surface area contributed by atoms with Gasteiger partial charge in [0.15, 0.2) is 0 Å². The maximum atomic E-state index is 8.29. The summed E-state index contributed by atoms with van der Waals surface area (Å²) in [4.78, 5) is 0. The molecule has 0 unspecified atom stereocenters. The van der Waals surface area contributed by atoms with Gasteiger partial charge >= 0.3 is 11.6 Å². The lowest BCUT2D eigenvalue weighted by Crippen LogP contribution is -1.85. The monoisotopic (exact) mass is 432 g/mol. The molecule has 0 aliphatic heterocycles. The van der Waals surface area contributed by atoms with Gasteiger partial charge in [-0.1, -0.05) is 48.5 Å². The Morgan fingerprint density at radius 2 is 0.484 bits per heavy atom. The van der Waals surface area contributed by atoms with Gasteiger partial charge in [0.1, 0.15) is 0 Å². The first-order valence-corrected chi connectivity index (χ1v) is 9.94. The van der Waals surface area contributed by atoms with Gasteiger partial charge in [0.2, 0.25) is 0 Å². The van der Waals surface area contributed by atoms with Crippen LogP contribution in [0.2, 0.25) is 0 Å². The molecule has 0 bridgehead atoms. The molecule has 0 saturated carbocycles. The maximum Gasteiger partial charge on any atom is 0.335 e. The summed E-state index contributed by atoms with van der Waals surface area (Å²) in [5, 5.41) is 0. The lowest BCUT2D eigenvalue weighted by atomic mass is 10.1. The van der Waals surface area contributed by atoms with Crippen molar-refractivity contribution in [2.24, 2.45) is 0 Å². The number of benzene rings is 4. The molecule has 0 aliphatic carbocycles. The summed E-state index contributed by atoms with van der Waals surface area (Å²) in [7, 11) is 0. The third-order valence-corrected chi connectivity index (χ3v) is 4.31. The molecule has 4 rings (SSSR count). The van der Waals surface area contributed by atoms with E-state index in [1.165, 1.54) is 0 Å². The van der Waals surface area contributed by atoms with E-state index < -0.39 is 11.6 Å². The van der Waals surface area contributed by atoms with Crippen molar-refractivity contribution in [1.82, 2.24) is 0 Å². The smallest absolute Gasteiger partial charge is 0.335 e. The third kappa shape index (κ3) is 7.68. The highest BCUT2D eigenvalue weighted by atomic mass is 32.1. The first kappa shape index (κ1) is 23.2. The first-order chi connectivity index (χ1) is 14.9. The number of hydrogen-bond acceptors (Lipinski definition) is 6. The highest BCUT2D eigenvalue weighted by molar-refractivity contribution is 7.51. The van der Waals surface area contributed by atoms with Crippen LogP contribution in [0.15, 0.2) is 97.1 Å². The summed E-state index contributed by atoms with van der Waals surface area (Å²) in [6.07, 6.45) is 0. The number of hydrogen-bond donors (Lipinski definition) is 4. The Bertz CT molecular complexity index is 932. The van der Waals surface area contributed by atoms with E-state index in [0.29, 0.717) is 0 Å². The van der Waals surface area contributed by atoms with Crippen molar-refractivity contribution in [3.8, 4) is 22.3 Å². The van der Waals surface area contributed by atoms with E-state index >= 15 is 0 Å². The molecule has 7 heteroatoms. The van der Waals surface area contributed by atoms with Gasteiger partial charge in [0, 0.05) is 22.7 Å². The molecule has 0 atom stereocenters. The normalized spacial score (nSPS) is 9.42. The van der Waals surface area contributed by atoms with Crippen LogP contribution in [0.5, 0.6) is 0 Å². The number of nitrogens with two attached hydrogens (primary N) is 4. The van der Waals surface area contributed by atoms with E-state index in [2.05, 4.69) is 0 Å². The summed E-state index contributed by atoms with van der Waals surface area (Å²) >= 11 is -0.750. The second-order valence-corrected chi connectivity index (χ2v) is 6.69. The standard InChI is InChI=1S/2C12H12N2.O2S/c2*13-11-5-1-9(2-6-11)10-3-7-12(14)8-4-10;1-3-2/h2*1-8H,13-14H2;. The maximum absolute atomic E-state index is 8.29. The van der Waals surface area contributed by atoms with E-state index in [1.807, 2.05) is 97.1 Å². The van der Waals surface area contributed by atoms with Crippen molar-refractivity contribution >= 4 is 34.3 Å². The Hall–Kier alpha value is -4.10. The lowest BCUT2D eigenvalue weighted by Gasteiger charge is -2.02. The highest BCUT2D eigenvalue weighted by Gasteiger charge is 1.97. The molecule has 4 aromatic carbocycles. The third-order valence-electron chi connectivity index (χ3n) is 4.31. The zero-order chi connectivity index (χ0) is 22.6. The molecule has 0 radical (unpaired) electrons. The molecule has 0 spiro atoms. The zero-order valence-corrected chi connectivity index (χ0v) is 17.6. The summed E-state index contributed by atoms with van der Waals surface area (Å²) in [5.74, 6) is 0. The van der Waals surface area contributed by atoms with Crippen molar-refractivity contribution in [1.29, 1.82) is 0 Å². The summed E-state index contributed by atoms with van der Waals surface area (Å²) in [5.41, 5.74) is 30.2. The van der Waals surface area contributed by atoms with Crippen molar-refractivity contribution in [3.05, 3.63) is 97.1 Å². The molecule has 8 N–H and O–H groups in total. The minimum absolute atomic E-state index is 0.750. The predicted octanol–water partition coefficient (Wildman–Crippen LogP) is 4.37. The van der Waals surface area contributed by atoms with E-state index in [9.17, 15) is 0 Å². The Balaban J connectivity index is 0.000000196. The quantitative estimate of drug-likeness (QED) is 0.347. The van der Waals surface area contributed by atoms with E-state index in [4.69, 9.17) is 31.4 Å². The van der Waals surface area contributed by atoms with Gasteiger partial charge in [0.05, 0.1) is 0 Å². The molecule has 0 fully saturated rings. The predicted molar refractivity (Wildman–Crippen MR) is 130 cm³/mol. The van der Waals surface area contributed by atoms with Crippen LogP contribution in [0.3, 0.4) is 0 Å². The van der Waals surface area contributed by atoms with Crippen LogP contribution >= 0.6 is 0 Å². The molecule has 31 heavy (non-hydrogen) atoms. The average molecular weight is 433 g/mol. The van der Waals surface area contributed by atoms with Crippen LogP contribution in [0.25, 0.3) is 22.3 Å². The Kier molecular flexibility index (Phi) is 8.82. The minimum Gasteiger partial charge on any atom is -0.399 e. The topological polar surface area (TPSA) is 138 Å². The van der Waals surface area contributed by atoms with Crippen LogP contribution in [-0.4, -0.2) is 8.42 Å². The fourth-order valence-electron chi connectivity index (χ4n) is 2.70. The molecule has 4 aromatic rings. The molecule has 0 aliphatic rings. The van der Waals surface area contributed by atoms with Crippen LogP contribution in [-0.2, 0) is 11.6 Å². The molecule has 0 saturated heterocycles. The summed E-state index contributed by atoms with van der Waals surface area (Å²) in [6, 6.07) is 31.2. The average Bonchev–Trinajstić information content (AvgIpc) is 2.77. The minimum atomic E-state index is -0.750. The zero-order valence-electron chi connectivity index (χ0n) is 16.8. The van der Waals surface area contributed by atoms with Crippen LogP contribution in [0, 0.1) is 0 Å². The molecular weight excluding hydrogens is 408 g/mol. The summed E-state index contributed by atoms with van der Waals surface area (Å²) < 4.78 is 16.6. The number of anilines is 4. The Morgan fingerprint density at radius 1 is 0.355 bits per heavy atom. The second kappa shape index (κ2) is 11.8. The van der Waals surface area contributed by atoms with Gasteiger partial charge in [-0.05, 0) is 70.8 Å². The number of nitrogen functional groups attached to an aromatic ring is 4. The molecule has 0 amide bonds. The Morgan fingerprint density at radius 3 is 0.613 bits per heavy atom. The SMILES string of the molecule is Nc1ccc(-c2ccc(N)cc2)cc1.Nc1ccc(-c2ccc(N)cc2)cc1.O=S=O. The number of rotatable bonds is 2. The molecule has 0 heterocycles. The highest BCUT2D eigenvalue weighted by Crippen LogP contribution is 2.22. The summed E-state index contributed by atoms with van der Waals surface area (Å²) in [6.45, 7) is 0. The molecule has 6 nitrogen and oxygen atoms in total. The first-order valence-electron chi connectivity index (χ1n) is 9.27. The van der Waals surface area contributed by atoms with Gasteiger partial charge in [-0.2, -0.15) is 8.42 Å². The van der Waals surface area contributed by atoms with Crippen LogP contribution in [0.1, 0.15) is 0 Å². The van der Waals surface area contributed by atoms with Gasteiger partial charge in [-0.15, -0.1) is 0 Å². The van der Waals surface area contributed by atoms with Crippen molar-refractivity contribution < 1.29 is 8.42 Å². The molecular formula is C24H24N4O2S. The fourth-order valence-corrected chi connectivity index (χ4v) is 2.70. The van der Waals surface area contributed by atoms with Crippen molar-refractivity contribution in [2.45, 2.75) is 0 Å². The van der Waals surface area contributed by atoms with Gasteiger partial charge in [-0.25, -0.2) is 0 Å². The van der Waals surface area contributed by atoms with Crippen LogP contribution < -0.4 is 22.9 Å². The van der Waals surface area contributed by atoms with E-state index in [1.54, 1.807) is 0 Å². The van der Waals surface area contributed by atoms with Gasteiger partial charge in [0.25, 0.3) is 0 Å². The largest absolute Gasteiger partial charge is 0.399 e. The van der Waals surface area contributed by atoms with Crippen molar-refractivity contribution in [2.75, 3.05) is 22.9 Å². The molecule has 158 valence electrons. The fraction of sp³-hybridized carbons (Fsp3) is 0. The lowest BCUT2D eigenvalue weighted by molar-refractivity contribution is 0.630. The van der Waals surface area contributed by atoms with E-state index in [0.717, 1.165) is 45.0 Å². The Labute approximate surface area is 185 Å².